The van der Waals surface area contributed by atoms with E-state index in [-0.39, 0.29) is 28.4 Å². The molecule has 0 radical (unpaired) electrons. The standard InChI is InChI=1S/C21H25N3O5S/c1-3-29-19-7-9-20(10-8-19)30(27,28)23-17-6-4-5-16(13-17)21(26)22-18-11-12-24(14-18)15(2)25/h4-10,13,18,23H,3,11-12,14H2,1-2H3,(H,22,26)/t18-/m1/s1. The van der Waals surface area contributed by atoms with Crippen molar-refractivity contribution in [1.82, 2.24) is 10.2 Å². The van der Waals surface area contributed by atoms with Crippen molar-refractivity contribution in [3.05, 3.63) is 54.1 Å². The SMILES string of the molecule is CCOc1ccc(S(=O)(=O)Nc2cccc(C(=O)N[C@@H]3CCN(C(C)=O)C3)c2)cc1. The van der Waals surface area contributed by atoms with Crippen LogP contribution in [0.3, 0.4) is 0 Å². The summed E-state index contributed by atoms with van der Waals surface area (Å²) in [7, 11) is -3.81. The van der Waals surface area contributed by atoms with E-state index in [0.29, 0.717) is 37.4 Å². The first-order valence-electron chi connectivity index (χ1n) is 9.70. The Labute approximate surface area is 176 Å². The number of benzene rings is 2. The highest BCUT2D eigenvalue weighted by Gasteiger charge is 2.25. The van der Waals surface area contributed by atoms with E-state index in [1.165, 1.54) is 25.1 Å². The smallest absolute Gasteiger partial charge is 0.261 e. The molecule has 8 nitrogen and oxygen atoms in total. The van der Waals surface area contributed by atoms with Gasteiger partial charge in [0.2, 0.25) is 5.91 Å². The van der Waals surface area contributed by atoms with Gasteiger partial charge in [0, 0.05) is 37.3 Å². The minimum Gasteiger partial charge on any atom is -0.494 e. The van der Waals surface area contributed by atoms with Crippen LogP contribution in [0, 0.1) is 0 Å². The molecule has 0 aromatic heterocycles. The largest absolute Gasteiger partial charge is 0.494 e. The number of carbonyl (C=O) groups is 2. The lowest BCUT2D eigenvalue weighted by molar-refractivity contribution is -0.127. The van der Waals surface area contributed by atoms with Crippen molar-refractivity contribution in [3.63, 3.8) is 0 Å². The van der Waals surface area contributed by atoms with Crippen molar-refractivity contribution in [2.24, 2.45) is 0 Å². The summed E-state index contributed by atoms with van der Waals surface area (Å²) in [5, 5.41) is 2.90. The molecule has 1 fully saturated rings. The molecule has 1 aliphatic rings. The fourth-order valence-corrected chi connectivity index (χ4v) is 4.30. The van der Waals surface area contributed by atoms with Crippen LogP contribution in [0.1, 0.15) is 30.6 Å². The zero-order valence-electron chi connectivity index (χ0n) is 16.9. The van der Waals surface area contributed by atoms with Crippen LogP contribution in [0.4, 0.5) is 5.69 Å². The number of carbonyl (C=O) groups excluding carboxylic acids is 2. The molecule has 2 N–H and O–H groups in total. The molecule has 1 aliphatic heterocycles. The van der Waals surface area contributed by atoms with E-state index in [2.05, 4.69) is 10.0 Å². The van der Waals surface area contributed by atoms with Gasteiger partial charge in [0.15, 0.2) is 0 Å². The quantitative estimate of drug-likeness (QED) is 0.700. The highest BCUT2D eigenvalue weighted by atomic mass is 32.2. The summed E-state index contributed by atoms with van der Waals surface area (Å²) in [6, 6.07) is 12.3. The Bertz CT molecular complexity index is 1020. The van der Waals surface area contributed by atoms with Crippen molar-refractivity contribution < 1.29 is 22.7 Å². The number of sulfonamides is 1. The van der Waals surface area contributed by atoms with E-state index < -0.39 is 10.0 Å². The Morgan fingerprint density at radius 1 is 1.17 bits per heavy atom. The Hall–Kier alpha value is -3.07. The van der Waals surface area contributed by atoms with Crippen LogP contribution in [0.15, 0.2) is 53.4 Å². The lowest BCUT2D eigenvalue weighted by Gasteiger charge is -2.15. The van der Waals surface area contributed by atoms with Crippen LogP contribution in [-0.2, 0) is 14.8 Å². The van der Waals surface area contributed by atoms with Gasteiger partial charge in [0.25, 0.3) is 15.9 Å². The average molecular weight is 432 g/mol. The van der Waals surface area contributed by atoms with Gasteiger partial charge < -0.3 is 15.0 Å². The first-order valence-corrected chi connectivity index (χ1v) is 11.2. The molecule has 2 amide bonds. The summed E-state index contributed by atoms with van der Waals surface area (Å²) in [6.07, 6.45) is 0.690. The molecule has 9 heteroatoms. The molecule has 1 atom stereocenters. The third-order valence-corrected chi connectivity index (χ3v) is 6.19. The van der Waals surface area contributed by atoms with E-state index in [1.54, 1.807) is 35.2 Å². The van der Waals surface area contributed by atoms with Gasteiger partial charge in [0.1, 0.15) is 5.75 Å². The van der Waals surface area contributed by atoms with Crippen molar-refractivity contribution >= 4 is 27.5 Å². The maximum absolute atomic E-state index is 12.6. The molecule has 0 spiro atoms. The third-order valence-electron chi connectivity index (χ3n) is 4.79. The molecule has 160 valence electrons. The van der Waals surface area contributed by atoms with E-state index in [1.807, 2.05) is 6.92 Å². The van der Waals surface area contributed by atoms with Gasteiger partial charge in [0.05, 0.1) is 11.5 Å². The molecule has 2 aromatic rings. The van der Waals surface area contributed by atoms with Gasteiger partial charge >= 0.3 is 0 Å². The molecule has 2 aromatic carbocycles. The Morgan fingerprint density at radius 3 is 2.53 bits per heavy atom. The number of nitrogens with one attached hydrogen (secondary N) is 2. The van der Waals surface area contributed by atoms with Gasteiger partial charge in [-0.2, -0.15) is 0 Å². The lowest BCUT2D eigenvalue weighted by Crippen LogP contribution is -2.38. The second-order valence-corrected chi connectivity index (χ2v) is 8.70. The fourth-order valence-electron chi connectivity index (χ4n) is 3.25. The van der Waals surface area contributed by atoms with Crippen LogP contribution in [0.2, 0.25) is 0 Å². The Balaban J connectivity index is 1.67. The van der Waals surface area contributed by atoms with Crippen LogP contribution in [0.25, 0.3) is 0 Å². The monoisotopic (exact) mass is 431 g/mol. The van der Waals surface area contributed by atoms with E-state index in [9.17, 15) is 18.0 Å². The number of rotatable bonds is 7. The number of hydrogen-bond acceptors (Lipinski definition) is 5. The number of hydrogen-bond donors (Lipinski definition) is 2. The Kier molecular flexibility index (Phi) is 6.61. The Morgan fingerprint density at radius 2 is 1.90 bits per heavy atom. The molecule has 0 unspecified atom stereocenters. The highest BCUT2D eigenvalue weighted by Crippen LogP contribution is 2.20. The number of likely N-dealkylation sites (tertiary alicyclic amines) is 1. The van der Waals surface area contributed by atoms with Crippen molar-refractivity contribution in [2.75, 3.05) is 24.4 Å². The maximum atomic E-state index is 12.6. The molecule has 30 heavy (non-hydrogen) atoms. The van der Waals surface area contributed by atoms with Crippen molar-refractivity contribution in [1.29, 1.82) is 0 Å². The van der Waals surface area contributed by atoms with Crippen LogP contribution in [-0.4, -0.2) is 50.9 Å². The third kappa shape index (κ3) is 5.29. The maximum Gasteiger partial charge on any atom is 0.261 e. The average Bonchev–Trinajstić information content (AvgIpc) is 3.17. The summed E-state index contributed by atoms with van der Waals surface area (Å²) in [4.78, 5) is 25.8. The molecule has 1 saturated heterocycles. The molecule has 3 rings (SSSR count). The normalized spacial score (nSPS) is 16.2. The predicted molar refractivity (Wildman–Crippen MR) is 113 cm³/mol. The first kappa shape index (κ1) is 21.6. The zero-order chi connectivity index (χ0) is 21.7. The summed E-state index contributed by atoms with van der Waals surface area (Å²) in [5.41, 5.74) is 0.622. The van der Waals surface area contributed by atoms with E-state index in [0.717, 1.165) is 0 Å². The lowest BCUT2D eigenvalue weighted by atomic mass is 10.1. The van der Waals surface area contributed by atoms with Gasteiger partial charge in [-0.25, -0.2) is 8.42 Å². The molecule has 1 heterocycles. The topological polar surface area (TPSA) is 105 Å². The second-order valence-electron chi connectivity index (χ2n) is 7.01. The van der Waals surface area contributed by atoms with E-state index >= 15 is 0 Å². The summed E-state index contributed by atoms with van der Waals surface area (Å²) < 4.78 is 33.1. The van der Waals surface area contributed by atoms with Crippen molar-refractivity contribution in [2.45, 2.75) is 31.2 Å². The predicted octanol–water partition coefficient (Wildman–Crippen LogP) is 2.24. The molecular weight excluding hydrogens is 406 g/mol. The fraction of sp³-hybridized carbons (Fsp3) is 0.333. The summed E-state index contributed by atoms with van der Waals surface area (Å²) >= 11 is 0. The molecule has 0 saturated carbocycles. The first-order chi connectivity index (χ1) is 14.3. The van der Waals surface area contributed by atoms with E-state index in [4.69, 9.17) is 4.74 Å². The highest BCUT2D eigenvalue weighted by molar-refractivity contribution is 7.92. The van der Waals surface area contributed by atoms with Gasteiger partial charge in [-0.3, -0.25) is 14.3 Å². The molecule has 0 bridgehead atoms. The minimum atomic E-state index is -3.81. The van der Waals surface area contributed by atoms with Gasteiger partial charge in [-0.15, -0.1) is 0 Å². The number of ether oxygens (including phenoxy) is 1. The van der Waals surface area contributed by atoms with Crippen LogP contribution < -0.4 is 14.8 Å². The number of nitrogens with zero attached hydrogens (tertiary/aromatic N) is 1. The number of anilines is 1. The van der Waals surface area contributed by atoms with Gasteiger partial charge in [-0.05, 0) is 55.8 Å². The molecule has 0 aliphatic carbocycles. The number of amides is 2. The summed E-state index contributed by atoms with van der Waals surface area (Å²) in [6.45, 7) is 4.94. The van der Waals surface area contributed by atoms with Gasteiger partial charge in [-0.1, -0.05) is 6.07 Å². The summed E-state index contributed by atoms with van der Waals surface area (Å²) in [5.74, 6) is 0.260. The zero-order valence-corrected chi connectivity index (χ0v) is 17.7. The van der Waals surface area contributed by atoms with Crippen molar-refractivity contribution in [3.8, 4) is 5.75 Å². The van der Waals surface area contributed by atoms with Crippen LogP contribution in [0.5, 0.6) is 5.75 Å². The minimum absolute atomic E-state index is 0.0163. The molecular formula is C21H25N3O5S. The van der Waals surface area contributed by atoms with Crippen LogP contribution >= 0.6 is 0 Å². The second kappa shape index (κ2) is 9.17.